The molecule has 2 amide bonds. The molecule has 1 heterocycles. The lowest BCUT2D eigenvalue weighted by Gasteiger charge is -2.18. The van der Waals surface area contributed by atoms with Gasteiger partial charge in [0.2, 0.25) is 11.8 Å². The van der Waals surface area contributed by atoms with Crippen LogP contribution in [0.25, 0.3) is 0 Å². The van der Waals surface area contributed by atoms with Gasteiger partial charge in [-0.3, -0.25) is 9.59 Å². The van der Waals surface area contributed by atoms with Gasteiger partial charge in [0.05, 0.1) is 12.8 Å². The van der Waals surface area contributed by atoms with E-state index in [1.165, 1.54) is 0 Å². The zero-order valence-electron chi connectivity index (χ0n) is 15.4. The van der Waals surface area contributed by atoms with Gasteiger partial charge in [0.25, 0.3) is 0 Å². The average molecular weight is 356 g/mol. The van der Waals surface area contributed by atoms with E-state index in [-0.39, 0.29) is 11.8 Å². The lowest BCUT2D eigenvalue weighted by Crippen LogP contribution is -2.47. The minimum Gasteiger partial charge on any atom is -0.467 e. The lowest BCUT2D eigenvalue weighted by molar-refractivity contribution is -0.129. The van der Waals surface area contributed by atoms with Crippen LogP contribution >= 0.6 is 0 Å². The quantitative estimate of drug-likeness (QED) is 0.604. The van der Waals surface area contributed by atoms with Crippen LogP contribution in [0, 0.1) is 0 Å². The van der Waals surface area contributed by atoms with Crippen LogP contribution in [0.4, 0.5) is 0 Å². The van der Waals surface area contributed by atoms with Crippen molar-refractivity contribution in [2.45, 2.75) is 58.0 Å². The van der Waals surface area contributed by atoms with E-state index in [1.807, 2.05) is 30.3 Å². The third-order valence-electron chi connectivity index (χ3n) is 4.21. The highest BCUT2D eigenvalue weighted by atomic mass is 16.3. The van der Waals surface area contributed by atoms with Gasteiger partial charge in [-0.05, 0) is 24.1 Å². The summed E-state index contributed by atoms with van der Waals surface area (Å²) in [6.45, 7) is 2.45. The second-order valence-corrected chi connectivity index (χ2v) is 6.42. The minimum absolute atomic E-state index is 0.0739. The number of furan rings is 1. The van der Waals surface area contributed by atoms with Crippen molar-refractivity contribution in [1.29, 1.82) is 0 Å². The van der Waals surface area contributed by atoms with Crippen LogP contribution < -0.4 is 10.6 Å². The van der Waals surface area contributed by atoms with Crippen LogP contribution in [0.1, 0.15) is 50.4 Å². The summed E-state index contributed by atoms with van der Waals surface area (Å²) in [5, 5.41) is 5.73. The smallest absolute Gasteiger partial charge is 0.243 e. The van der Waals surface area contributed by atoms with Crippen molar-refractivity contribution in [2.75, 3.05) is 0 Å². The summed E-state index contributed by atoms with van der Waals surface area (Å²) in [5.41, 5.74) is 1.01. The highest BCUT2D eigenvalue weighted by Gasteiger charge is 2.21. The summed E-state index contributed by atoms with van der Waals surface area (Å²) in [7, 11) is 0. The lowest BCUT2D eigenvalue weighted by atomic mass is 10.0. The van der Waals surface area contributed by atoms with Crippen LogP contribution in [0.3, 0.4) is 0 Å². The number of carbonyl (C=O) groups is 2. The van der Waals surface area contributed by atoms with Gasteiger partial charge in [0, 0.05) is 12.8 Å². The number of hydrogen-bond acceptors (Lipinski definition) is 3. The summed E-state index contributed by atoms with van der Waals surface area (Å²) in [4.78, 5) is 24.8. The van der Waals surface area contributed by atoms with Crippen LogP contribution in [-0.2, 0) is 22.6 Å². The second kappa shape index (κ2) is 11.1. The second-order valence-electron chi connectivity index (χ2n) is 6.42. The van der Waals surface area contributed by atoms with Gasteiger partial charge >= 0.3 is 0 Å². The number of nitrogens with one attached hydrogen (secondary N) is 2. The predicted molar refractivity (Wildman–Crippen MR) is 101 cm³/mol. The van der Waals surface area contributed by atoms with E-state index >= 15 is 0 Å². The van der Waals surface area contributed by atoms with E-state index in [1.54, 1.807) is 18.4 Å². The number of hydrogen-bond donors (Lipinski definition) is 2. The third-order valence-corrected chi connectivity index (χ3v) is 4.21. The average Bonchev–Trinajstić information content (AvgIpc) is 3.17. The molecule has 2 rings (SSSR count). The fraction of sp³-hybridized carbons (Fsp3) is 0.429. The van der Waals surface area contributed by atoms with Crippen molar-refractivity contribution < 1.29 is 14.0 Å². The number of benzene rings is 1. The molecule has 0 bridgehead atoms. The predicted octanol–water partition coefficient (Wildman–Crippen LogP) is 3.59. The van der Waals surface area contributed by atoms with Crippen molar-refractivity contribution in [3.05, 3.63) is 60.1 Å². The van der Waals surface area contributed by atoms with E-state index in [0.29, 0.717) is 25.1 Å². The molecule has 1 unspecified atom stereocenters. The summed E-state index contributed by atoms with van der Waals surface area (Å²) in [6, 6.07) is 12.7. The molecule has 26 heavy (non-hydrogen) atoms. The SMILES string of the molecule is CCCCCCC(=O)NC(Cc1ccccc1)C(=O)NCc1ccco1. The number of unbranched alkanes of at least 4 members (excludes halogenated alkanes) is 3. The van der Waals surface area contributed by atoms with Crippen LogP contribution in [0.5, 0.6) is 0 Å². The standard InChI is InChI=1S/C21H28N2O3/c1-2-3-4-8-13-20(24)23-19(15-17-10-6-5-7-11-17)21(25)22-16-18-12-9-14-26-18/h5-7,9-12,14,19H,2-4,8,13,15-16H2,1H3,(H,22,25)(H,23,24). The molecule has 0 saturated carbocycles. The van der Waals surface area contributed by atoms with Gasteiger partial charge in [-0.1, -0.05) is 56.5 Å². The molecular formula is C21H28N2O3. The van der Waals surface area contributed by atoms with E-state index < -0.39 is 6.04 Å². The van der Waals surface area contributed by atoms with E-state index in [2.05, 4.69) is 17.6 Å². The van der Waals surface area contributed by atoms with Gasteiger partial charge in [-0.2, -0.15) is 0 Å². The van der Waals surface area contributed by atoms with Gasteiger partial charge in [-0.15, -0.1) is 0 Å². The van der Waals surface area contributed by atoms with E-state index in [0.717, 1.165) is 31.2 Å². The van der Waals surface area contributed by atoms with Gasteiger partial charge < -0.3 is 15.1 Å². The molecular weight excluding hydrogens is 328 g/mol. The maximum atomic E-state index is 12.6. The monoisotopic (exact) mass is 356 g/mol. The molecule has 2 aromatic rings. The van der Waals surface area contributed by atoms with Gasteiger partial charge in [0.1, 0.15) is 11.8 Å². The molecule has 5 nitrogen and oxygen atoms in total. The molecule has 2 N–H and O–H groups in total. The highest BCUT2D eigenvalue weighted by molar-refractivity contribution is 5.87. The normalized spacial score (nSPS) is 11.7. The molecule has 0 aliphatic carbocycles. The Kier molecular flexibility index (Phi) is 8.46. The Morgan fingerprint density at radius 3 is 2.54 bits per heavy atom. The molecule has 1 atom stereocenters. The molecule has 5 heteroatoms. The summed E-state index contributed by atoms with van der Waals surface area (Å²) < 4.78 is 5.24. The Labute approximate surface area is 155 Å². The van der Waals surface area contributed by atoms with E-state index in [4.69, 9.17) is 4.42 Å². The zero-order chi connectivity index (χ0) is 18.6. The molecule has 0 aliphatic heterocycles. The fourth-order valence-corrected chi connectivity index (χ4v) is 2.75. The third kappa shape index (κ3) is 7.13. The number of amides is 2. The molecule has 0 fully saturated rings. The Morgan fingerprint density at radius 2 is 1.85 bits per heavy atom. The highest BCUT2D eigenvalue weighted by Crippen LogP contribution is 2.07. The molecule has 140 valence electrons. The van der Waals surface area contributed by atoms with Crippen molar-refractivity contribution >= 4 is 11.8 Å². The first-order valence-corrected chi connectivity index (χ1v) is 9.32. The van der Waals surface area contributed by atoms with Crippen molar-refractivity contribution in [3.63, 3.8) is 0 Å². The molecule has 1 aromatic carbocycles. The van der Waals surface area contributed by atoms with Crippen LogP contribution in [-0.4, -0.2) is 17.9 Å². The molecule has 0 spiro atoms. The van der Waals surface area contributed by atoms with Crippen molar-refractivity contribution in [3.8, 4) is 0 Å². The van der Waals surface area contributed by atoms with Crippen molar-refractivity contribution in [1.82, 2.24) is 10.6 Å². The Hall–Kier alpha value is -2.56. The van der Waals surface area contributed by atoms with Gasteiger partial charge in [0.15, 0.2) is 0 Å². The van der Waals surface area contributed by atoms with Crippen LogP contribution in [0.15, 0.2) is 53.1 Å². The minimum atomic E-state index is -0.592. The zero-order valence-corrected chi connectivity index (χ0v) is 15.4. The number of rotatable bonds is 11. The molecule has 0 saturated heterocycles. The van der Waals surface area contributed by atoms with E-state index in [9.17, 15) is 9.59 Å². The Bertz CT molecular complexity index is 653. The maximum Gasteiger partial charge on any atom is 0.243 e. The topological polar surface area (TPSA) is 71.3 Å². The van der Waals surface area contributed by atoms with Crippen molar-refractivity contribution in [2.24, 2.45) is 0 Å². The summed E-state index contributed by atoms with van der Waals surface area (Å²) >= 11 is 0. The van der Waals surface area contributed by atoms with Crippen LogP contribution in [0.2, 0.25) is 0 Å². The first-order valence-electron chi connectivity index (χ1n) is 9.32. The first-order chi connectivity index (χ1) is 12.7. The molecule has 0 aliphatic rings. The summed E-state index contributed by atoms with van der Waals surface area (Å²) in [6.07, 6.45) is 6.64. The molecule has 0 radical (unpaired) electrons. The Morgan fingerprint density at radius 1 is 1.04 bits per heavy atom. The van der Waals surface area contributed by atoms with Gasteiger partial charge in [-0.25, -0.2) is 0 Å². The summed E-state index contributed by atoms with van der Waals surface area (Å²) in [5.74, 6) is 0.407. The first kappa shape index (κ1) is 19.8. The fourth-order valence-electron chi connectivity index (χ4n) is 2.75. The Balaban J connectivity index is 1.91. The number of carbonyl (C=O) groups excluding carboxylic acids is 2. The largest absolute Gasteiger partial charge is 0.467 e. The molecule has 1 aromatic heterocycles. The maximum absolute atomic E-state index is 12.6.